The highest BCUT2D eigenvalue weighted by Crippen LogP contribution is 2.35. The predicted molar refractivity (Wildman–Crippen MR) is 153 cm³/mol. The van der Waals surface area contributed by atoms with Crippen LogP contribution in [0.5, 0.6) is 5.75 Å². The van der Waals surface area contributed by atoms with E-state index >= 15 is 0 Å². The molecule has 4 nitrogen and oxygen atoms in total. The van der Waals surface area contributed by atoms with Gasteiger partial charge < -0.3 is 15.0 Å². The van der Waals surface area contributed by atoms with E-state index in [0.717, 1.165) is 56.6 Å². The number of unbranched alkanes of at least 4 members (excludes halogenated alkanes) is 2. The Bertz CT molecular complexity index is 1180. The molecule has 1 amide bonds. The number of piperidine rings is 1. The number of amides is 1. The van der Waals surface area contributed by atoms with Crippen LogP contribution in [0, 0.1) is 5.92 Å². The van der Waals surface area contributed by atoms with Crippen LogP contribution in [-0.2, 0) is 12.6 Å². The summed E-state index contributed by atoms with van der Waals surface area (Å²) in [5.41, 5.74) is 2.30. The fraction of sp³-hybridized carbons (Fsp3) is 0.424. The summed E-state index contributed by atoms with van der Waals surface area (Å²) in [4.78, 5) is 15.2. The van der Waals surface area contributed by atoms with E-state index in [2.05, 4.69) is 17.1 Å². The first-order valence-electron chi connectivity index (χ1n) is 14.3. The Morgan fingerprint density at radius 3 is 2.38 bits per heavy atom. The molecule has 4 rings (SSSR count). The zero-order valence-electron chi connectivity index (χ0n) is 23.1. The van der Waals surface area contributed by atoms with E-state index in [-0.39, 0.29) is 17.7 Å². The standard InChI is InChI=1S/C33H39F3N2O2/c1-2-3-7-21-38-22-19-31(28(23-38)24-40-30-16-14-29(15-17-30)33(34,35)36)26-10-12-27(13-11-26)32(39)37-20-18-25-8-5-4-6-9-25/h4-6,8-17,28,31H,2-3,7,18-24H2,1H3,(H,37,39). The van der Waals surface area contributed by atoms with Gasteiger partial charge in [-0.25, -0.2) is 0 Å². The van der Waals surface area contributed by atoms with E-state index in [9.17, 15) is 18.0 Å². The fourth-order valence-electron chi connectivity index (χ4n) is 5.40. The molecule has 1 fully saturated rings. The minimum atomic E-state index is -4.36. The molecular weight excluding hydrogens is 513 g/mol. The lowest BCUT2D eigenvalue weighted by Gasteiger charge is -2.39. The van der Waals surface area contributed by atoms with Crippen LogP contribution in [0.15, 0.2) is 78.9 Å². The Kier molecular flexibility index (Phi) is 10.6. The van der Waals surface area contributed by atoms with Crippen molar-refractivity contribution in [2.75, 3.05) is 32.8 Å². The van der Waals surface area contributed by atoms with Crippen LogP contribution in [0.1, 0.15) is 65.6 Å². The van der Waals surface area contributed by atoms with Crippen molar-refractivity contribution in [2.45, 2.75) is 51.1 Å². The minimum Gasteiger partial charge on any atom is -0.493 e. The van der Waals surface area contributed by atoms with Crippen molar-refractivity contribution in [1.29, 1.82) is 0 Å². The van der Waals surface area contributed by atoms with Crippen molar-refractivity contribution in [3.05, 3.63) is 101 Å². The van der Waals surface area contributed by atoms with E-state index in [1.807, 2.05) is 54.6 Å². The molecule has 0 radical (unpaired) electrons. The third kappa shape index (κ3) is 8.59. The molecule has 7 heteroatoms. The molecule has 1 heterocycles. The number of benzene rings is 3. The van der Waals surface area contributed by atoms with E-state index in [1.165, 1.54) is 30.5 Å². The van der Waals surface area contributed by atoms with Gasteiger partial charge in [0.15, 0.2) is 0 Å². The van der Waals surface area contributed by atoms with Gasteiger partial charge in [-0.3, -0.25) is 4.79 Å². The molecule has 1 aliphatic heterocycles. The van der Waals surface area contributed by atoms with Crippen LogP contribution in [0.4, 0.5) is 13.2 Å². The van der Waals surface area contributed by atoms with E-state index in [4.69, 9.17) is 4.74 Å². The maximum Gasteiger partial charge on any atom is 0.416 e. The van der Waals surface area contributed by atoms with Gasteiger partial charge in [0.25, 0.3) is 5.91 Å². The number of hydrogen-bond donors (Lipinski definition) is 1. The lowest BCUT2D eigenvalue weighted by molar-refractivity contribution is -0.137. The Labute approximate surface area is 235 Å². The van der Waals surface area contributed by atoms with Crippen molar-refractivity contribution in [3.63, 3.8) is 0 Å². The summed E-state index contributed by atoms with van der Waals surface area (Å²) in [5.74, 6) is 0.781. The molecule has 0 saturated carbocycles. The second-order valence-corrected chi connectivity index (χ2v) is 10.6. The molecule has 3 aromatic rings. The Balaban J connectivity index is 1.38. The van der Waals surface area contributed by atoms with Crippen LogP contribution in [0.25, 0.3) is 0 Å². The summed E-state index contributed by atoms with van der Waals surface area (Å²) in [7, 11) is 0. The third-order valence-corrected chi connectivity index (χ3v) is 7.68. The number of likely N-dealkylation sites (tertiary alicyclic amines) is 1. The maximum absolute atomic E-state index is 12.9. The predicted octanol–water partition coefficient (Wildman–Crippen LogP) is 7.35. The van der Waals surface area contributed by atoms with Crippen molar-refractivity contribution in [3.8, 4) is 5.75 Å². The molecule has 1 N–H and O–H groups in total. The van der Waals surface area contributed by atoms with Gasteiger partial charge in [-0.05, 0) is 85.8 Å². The van der Waals surface area contributed by atoms with Gasteiger partial charge in [-0.1, -0.05) is 62.2 Å². The van der Waals surface area contributed by atoms with Gasteiger partial charge in [0.1, 0.15) is 5.75 Å². The number of nitrogens with zero attached hydrogens (tertiary/aromatic N) is 1. The van der Waals surface area contributed by atoms with Crippen molar-refractivity contribution in [2.24, 2.45) is 5.92 Å². The molecule has 2 unspecified atom stereocenters. The molecule has 214 valence electrons. The Hall–Kier alpha value is -3.32. The number of alkyl halides is 3. The zero-order chi connectivity index (χ0) is 28.4. The summed E-state index contributed by atoms with van der Waals surface area (Å²) in [6, 6.07) is 22.8. The average Bonchev–Trinajstić information content (AvgIpc) is 2.97. The van der Waals surface area contributed by atoms with Crippen LogP contribution < -0.4 is 10.1 Å². The fourth-order valence-corrected chi connectivity index (χ4v) is 5.40. The SMILES string of the molecule is CCCCCN1CCC(c2ccc(C(=O)NCCc3ccccc3)cc2)C(COc2ccc(C(F)(F)F)cc2)C1. The second kappa shape index (κ2) is 14.4. The molecule has 0 spiro atoms. The molecule has 0 aliphatic carbocycles. The van der Waals surface area contributed by atoms with Crippen molar-refractivity contribution < 1.29 is 22.7 Å². The van der Waals surface area contributed by atoms with E-state index in [1.54, 1.807) is 0 Å². The van der Waals surface area contributed by atoms with Crippen molar-refractivity contribution in [1.82, 2.24) is 10.2 Å². The first kappa shape index (κ1) is 29.7. The second-order valence-electron chi connectivity index (χ2n) is 10.6. The quantitative estimate of drug-likeness (QED) is 0.239. The number of nitrogens with one attached hydrogen (secondary N) is 1. The Morgan fingerprint density at radius 2 is 1.70 bits per heavy atom. The summed E-state index contributed by atoms with van der Waals surface area (Å²) in [5, 5.41) is 3.00. The van der Waals surface area contributed by atoms with Gasteiger partial charge in [-0.2, -0.15) is 13.2 Å². The zero-order valence-corrected chi connectivity index (χ0v) is 23.1. The van der Waals surface area contributed by atoms with Crippen LogP contribution in [-0.4, -0.2) is 43.6 Å². The summed E-state index contributed by atoms with van der Waals surface area (Å²) >= 11 is 0. The Morgan fingerprint density at radius 1 is 0.975 bits per heavy atom. The first-order chi connectivity index (χ1) is 19.3. The van der Waals surface area contributed by atoms with Gasteiger partial charge >= 0.3 is 6.18 Å². The van der Waals surface area contributed by atoms with Gasteiger partial charge in [0.2, 0.25) is 0 Å². The highest BCUT2D eigenvalue weighted by Gasteiger charge is 2.32. The number of rotatable bonds is 12. The smallest absolute Gasteiger partial charge is 0.416 e. The van der Waals surface area contributed by atoms with Gasteiger partial charge in [0, 0.05) is 24.6 Å². The first-order valence-corrected chi connectivity index (χ1v) is 14.3. The van der Waals surface area contributed by atoms with Gasteiger partial charge in [-0.15, -0.1) is 0 Å². The number of carbonyl (C=O) groups is 1. The molecule has 2 atom stereocenters. The van der Waals surface area contributed by atoms with Gasteiger partial charge in [0.05, 0.1) is 12.2 Å². The largest absolute Gasteiger partial charge is 0.493 e. The summed E-state index contributed by atoms with van der Waals surface area (Å²) in [6.45, 7) is 6.09. The number of hydrogen-bond acceptors (Lipinski definition) is 3. The van der Waals surface area contributed by atoms with Crippen LogP contribution in [0.3, 0.4) is 0 Å². The summed E-state index contributed by atoms with van der Waals surface area (Å²) < 4.78 is 44.9. The monoisotopic (exact) mass is 552 g/mol. The number of carbonyl (C=O) groups excluding carboxylic acids is 1. The topological polar surface area (TPSA) is 41.6 Å². The molecule has 1 aliphatic rings. The average molecular weight is 553 g/mol. The third-order valence-electron chi connectivity index (χ3n) is 7.68. The summed E-state index contributed by atoms with van der Waals surface area (Å²) in [6.07, 6.45) is 0.904. The minimum absolute atomic E-state index is 0.0876. The van der Waals surface area contributed by atoms with Crippen LogP contribution >= 0.6 is 0 Å². The lowest BCUT2D eigenvalue weighted by atomic mass is 9.80. The van der Waals surface area contributed by atoms with Crippen molar-refractivity contribution >= 4 is 5.91 Å². The molecule has 40 heavy (non-hydrogen) atoms. The number of halogens is 3. The molecule has 3 aromatic carbocycles. The highest BCUT2D eigenvalue weighted by molar-refractivity contribution is 5.94. The molecule has 0 aromatic heterocycles. The highest BCUT2D eigenvalue weighted by atomic mass is 19.4. The molecular formula is C33H39F3N2O2. The molecule has 1 saturated heterocycles. The maximum atomic E-state index is 12.9. The lowest BCUT2D eigenvalue weighted by Crippen LogP contribution is -2.42. The normalized spacial score (nSPS) is 17.9. The van der Waals surface area contributed by atoms with E-state index < -0.39 is 11.7 Å². The number of ether oxygens (including phenoxy) is 1. The van der Waals surface area contributed by atoms with E-state index in [0.29, 0.717) is 24.5 Å². The molecule has 0 bridgehead atoms. The van der Waals surface area contributed by atoms with Crippen LogP contribution in [0.2, 0.25) is 0 Å².